The summed E-state index contributed by atoms with van der Waals surface area (Å²) >= 11 is 2.36. The lowest BCUT2D eigenvalue weighted by Gasteiger charge is -2.11. The Morgan fingerprint density at radius 2 is 2.00 bits per heavy atom. The second-order valence-electron chi connectivity index (χ2n) is 7.76. The summed E-state index contributed by atoms with van der Waals surface area (Å²) < 4.78 is 31.0. The van der Waals surface area contributed by atoms with Crippen LogP contribution in [0.25, 0.3) is 10.2 Å². The molecule has 0 aromatic carbocycles. The lowest BCUT2D eigenvalue weighted by Crippen LogP contribution is -2.40. The lowest BCUT2D eigenvalue weighted by atomic mass is 10.3. The summed E-state index contributed by atoms with van der Waals surface area (Å²) in [6, 6.07) is 1.38. The summed E-state index contributed by atoms with van der Waals surface area (Å²) in [7, 11) is -3.78. The molecule has 9 nitrogen and oxygen atoms in total. The zero-order valence-electron chi connectivity index (χ0n) is 16.7. The van der Waals surface area contributed by atoms with Gasteiger partial charge >= 0.3 is 5.69 Å². The molecule has 162 valence electrons. The maximum Gasteiger partial charge on any atom is 0.332 e. The molecule has 0 unspecified atom stereocenters. The summed E-state index contributed by atoms with van der Waals surface area (Å²) in [5.41, 5.74) is 4.22. The number of thiazole rings is 1. The van der Waals surface area contributed by atoms with Crippen LogP contribution in [0, 0.1) is 6.92 Å². The van der Waals surface area contributed by atoms with Crippen molar-refractivity contribution in [2.75, 3.05) is 6.54 Å². The van der Waals surface area contributed by atoms with E-state index in [1.165, 1.54) is 22.0 Å². The van der Waals surface area contributed by atoms with E-state index in [0.29, 0.717) is 24.3 Å². The fraction of sp³-hybridized carbons (Fsp3) is 0.500. The van der Waals surface area contributed by atoms with E-state index in [0.717, 1.165) is 38.6 Å². The third kappa shape index (κ3) is 4.02. The van der Waals surface area contributed by atoms with Crippen molar-refractivity contribution < 1.29 is 8.42 Å². The molecular weight excluding hydrogens is 446 g/mol. The van der Waals surface area contributed by atoms with Gasteiger partial charge in [-0.1, -0.05) is 0 Å². The van der Waals surface area contributed by atoms with E-state index >= 15 is 0 Å². The summed E-state index contributed by atoms with van der Waals surface area (Å²) in [6.45, 7) is 4.47. The topological polar surface area (TPSA) is 129 Å². The first-order chi connectivity index (χ1) is 14.1. The Morgan fingerprint density at radius 3 is 2.60 bits per heavy atom. The Labute approximate surface area is 181 Å². The fourth-order valence-electron chi connectivity index (χ4n) is 3.19. The molecule has 3 heterocycles. The maximum absolute atomic E-state index is 13.1. The highest BCUT2D eigenvalue weighted by Gasteiger charge is 2.41. The minimum Gasteiger partial charge on any atom is -0.330 e. The number of rotatable bonds is 8. The van der Waals surface area contributed by atoms with Gasteiger partial charge in [-0.2, -0.15) is 0 Å². The van der Waals surface area contributed by atoms with Crippen LogP contribution in [0.1, 0.15) is 36.1 Å². The SMILES string of the molecule is Cc1ncc(Cn2c(=O)c3cc(S(=O)(=O)NC4(C)CC4)sc3n(CCCN)c2=O)s1. The summed E-state index contributed by atoms with van der Waals surface area (Å²) in [4.78, 5) is 31.6. The van der Waals surface area contributed by atoms with Crippen molar-refractivity contribution in [2.45, 2.75) is 55.9 Å². The van der Waals surface area contributed by atoms with Crippen LogP contribution < -0.4 is 21.7 Å². The van der Waals surface area contributed by atoms with Crippen molar-refractivity contribution in [1.29, 1.82) is 0 Å². The van der Waals surface area contributed by atoms with Gasteiger partial charge in [0.1, 0.15) is 9.04 Å². The number of thiophene rings is 1. The Morgan fingerprint density at radius 1 is 1.27 bits per heavy atom. The van der Waals surface area contributed by atoms with Gasteiger partial charge in [0.05, 0.1) is 16.9 Å². The van der Waals surface area contributed by atoms with Gasteiger partial charge in [0.25, 0.3) is 15.6 Å². The van der Waals surface area contributed by atoms with E-state index in [1.54, 1.807) is 6.20 Å². The molecule has 0 atom stereocenters. The van der Waals surface area contributed by atoms with Gasteiger partial charge in [-0.05, 0) is 45.7 Å². The Balaban J connectivity index is 1.87. The lowest BCUT2D eigenvalue weighted by molar-refractivity contribution is 0.560. The van der Waals surface area contributed by atoms with Crippen molar-refractivity contribution in [3.63, 3.8) is 0 Å². The molecular formula is C18H23N5O4S3. The molecule has 30 heavy (non-hydrogen) atoms. The number of hydrogen-bond acceptors (Lipinski definition) is 8. The summed E-state index contributed by atoms with van der Waals surface area (Å²) in [5, 5.41) is 1.06. The predicted molar refractivity (Wildman–Crippen MR) is 118 cm³/mol. The van der Waals surface area contributed by atoms with Crippen LogP contribution in [0.5, 0.6) is 0 Å². The van der Waals surface area contributed by atoms with Crippen LogP contribution in [0.4, 0.5) is 0 Å². The van der Waals surface area contributed by atoms with Gasteiger partial charge in [0.2, 0.25) is 0 Å². The van der Waals surface area contributed by atoms with Crippen LogP contribution in [0.3, 0.4) is 0 Å². The van der Waals surface area contributed by atoms with Crippen LogP contribution >= 0.6 is 22.7 Å². The maximum atomic E-state index is 13.1. The molecule has 1 aliphatic rings. The molecule has 1 aliphatic carbocycles. The molecule has 3 aromatic rings. The Hall–Kier alpha value is -1.86. The standard InChI is InChI=1S/C18H23N5O4S3/c1-11-20-9-12(28-11)10-23-15(24)13-8-14(30(26,27)21-18(2)4-5-18)29-16(13)22(17(23)25)7-3-6-19/h8-9,21H,3-7,10,19H2,1-2H3. The Kier molecular flexibility index (Phi) is 5.47. The second-order valence-corrected chi connectivity index (χ2v) is 12.0. The predicted octanol–water partition coefficient (Wildman–Crippen LogP) is 1.22. The molecule has 0 radical (unpaired) electrons. The minimum atomic E-state index is -3.78. The van der Waals surface area contributed by atoms with E-state index in [9.17, 15) is 18.0 Å². The number of aromatic nitrogens is 3. The molecule has 1 saturated carbocycles. The highest BCUT2D eigenvalue weighted by atomic mass is 32.2. The molecule has 0 aliphatic heterocycles. The number of aryl methyl sites for hydroxylation is 2. The van der Waals surface area contributed by atoms with Gasteiger partial charge < -0.3 is 5.73 Å². The van der Waals surface area contributed by atoms with E-state index in [4.69, 9.17) is 5.73 Å². The molecule has 4 rings (SSSR count). The van der Waals surface area contributed by atoms with Gasteiger partial charge in [0, 0.05) is 23.2 Å². The third-order valence-corrected chi connectivity index (χ3v) is 9.25. The average Bonchev–Trinajstić information content (AvgIpc) is 3.07. The number of fused-ring (bicyclic) bond motifs is 1. The van der Waals surface area contributed by atoms with Gasteiger partial charge in [0.15, 0.2) is 0 Å². The summed E-state index contributed by atoms with van der Waals surface area (Å²) in [5.74, 6) is 0. The van der Waals surface area contributed by atoms with Crippen LogP contribution in [-0.2, 0) is 23.1 Å². The molecule has 0 saturated heterocycles. The van der Waals surface area contributed by atoms with Crippen molar-refractivity contribution in [3.05, 3.63) is 43.0 Å². The van der Waals surface area contributed by atoms with Crippen LogP contribution in [0.2, 0.25) is 0 Å². The number of sulfonamides is 1. The fourth-order valence-corrected chi connectivity index (χ4v) is 6.91. The number of nitrogens with one attached hydrogen (secondary N) is 1. The molecule has 3 aromatic heterocycles. The van der Waals surface area contributed by atoms with E-state index in [1.807, 2.05) is 13.8 Å². The molecule has 3 N–H and O–H groups in total. The van der Waals surface area contributed by atoms with Crippen LogP contribution in [-0.4, -0.2) is 34.6 Å². The summed E-state index contributed by atoms with van der Waals surface area (Å²) in [6.07, 6.45) is 3.73. The van der Waals surface area contributed by atoms with Gasteiger partial charge in [-0.15, -0.1) is 22.7 Å². The Bertz CT molecular complexity index is 1330. The van der Waals surface area contributed by atoms with E-state index < -0.39 is 26.8 Å². The molecule has 0 bridgehead atoms. The van der Waals surface area contributed by atoms with Crippen molar-refractivity contribution in [2.24, 2.45) is 5.73 Å². The first-order valence-electron chi connectivity index (χ1n) is 9.56. The largest absolute Gasteiger partial charge is 0.332 e. The first-order valence-corrected chi connectivity index (χ1v) is 12.7. The first kappa shape index (κ1) is 21.4. The van der Waals surface area contributed by atoms with Crippen molar-refractivity contribution in [1.82, 2.24) is 18.8 Å². The normalized spacial score (nSPS) is 15.7. The quantitative estimate of drug-likeness (QED) is 0.510. The van der Waals surface area contributed by atoms with Crippen molar-refractivity contribution >= 4 is 42.9 Å². The smallest absolute Gasteiger partial charge is 0.330 e. The third-order valence-electron chi connectivity index (χ3n) is 5.09. The number of nitrogens with two attached hydrogens (primary N) is 1. The average molecular weight is 470 g/mol. The second kappa shape index (κ2) is 7.68. The zero-order valence-corrected chi connectivity index (χ0v) is 19.1. The number of nitrogens with zero attached hydrogens (tertiary/aromatic N) is 3. The van der Waals surface area contributed by atoms with E-state index in [-0.39, 0.29) is 16.1 Å². The molecule has 1 fully saturated rings. The molecule has 12 heteroatoms. The zero-order chi connectivity index (χ0) is 21.7. The molecule has 0 spiro atoms. The highest BCUT2D eigenvalue weighted by Crippen LogP contribution is 2.37. The molecule has 0 amide bonds. The monoisotopic (exact) mass is 469 g/mol. The van der Waals surface area contributed by atoms with Crippen molar-refractivity contribution in [3.8, 4) is 0 Å². The van der Waals surface area contributed by atoms with Crippen LogP contribution in [0.15, 0.2) is 26.1 Å². The number of hydrogen-bond donors (Lipinski definition) is 2. The highest BCUT2D eigenvalue weighted by molar-refractivity contribution is 7.91. The van der Waals surface area contributed by atoms with E-state index in [2.05, 4.69) is 9.71 Å². The van der Waals surface area contributed by atoms with Gasteiger partial charge in [-0.25, -0.2) is 22.9 Å². The minimum absolute atomic E-state index is 0.0370. The van der Waals surface area contributed by atoms with Gasteiger partial charge in [-0.3, -0.25) is 13.9 Å².